The Morgan fingerprint density at radius 1 is 1.09 bits per heavy atom. The molecule has 2 aromatic carbocycles. The fourth-order valence-corrected chi connectivity index (χ4v) is 2.10. The maximum Gasteiger partial charge on any atom is 0.130 e. The van der Waals surface area contributed by atoms with Crippen LogP contribution in [0.2, 0.25) is 0 Å². The number of nitrogen functional groups attached to an aromatic ring is 1. The van der Waals surface area contributed by atoms with E-state index in [-0.39, 0.29) is 0 Å². The monoisotopic (exact) mass is 312 g/mol. The molecule has 2 N–H and O–H groups in total. The maximum atomic E-state index is 5.91. The number of nitrogens with two attached hydrogens (primary N) is 1. The van der Waals surface area contributed by atoms with Gasteiger partial charge >= 0.3 is 0 Å². The summed E-state index contributed by atoms with van der Waals surface area (Å²) in [4.78, 5) is 1.98. The van der Waals surface area contributed by atoms with Gasteiger partial charge in [-0.2, -0.15) is 0 Å². The number of nitrogens with zero attached hydrogens (tertiary/aromatic N) is 1. The van der Waals surface area contributed by atoms with Crippen LogP contribution in [0.25, 0.3) is 0 Å². The van der Waals surface area contributed by atoms with Crippen LogP contribution in [0.1, 0.15) is 31.4 Å². The minimum atomic E-state index is 0.744. The van der Waals surface area contributed by atoms with E-state index in [0.29, 0.717) is 0 Å². The van der Waals surface area contributed by atoms with Crippen LogP contribution in [-0.4, -0.2) is 7.05 Å². The predicted molar refractivity (Wildman–Crippen MR) is 101 cm³/mol. The Hall–Kier alpha value is -2.42. The lowest BCUT2D eigenvalue weighted by Crippen LogP contribution is -2.08. The molecule has 2 rings (SSSR count). The molecule has 0 atom stereocenters. The molecule has 23 heavy (non-hydrogen) atoms. The Morgan fingerprint density at radius 2 is 1.74 bits per heavy atom. The summed E-state index contributed by atoms with van der Waals surface area (Å²) in [7, 11) is 1.97. The van der Waals surface area contributed by atoms with Crippen molar-refractivity contribution in [1.29, 1.82) is 0 Å². The van der Waals surface area contributed by atoms with E-state index in [4.69, 9.17) is 10.5 Å². The van der Waals surface area contributed by atoms with Crippen molar-refractivity contribution in [3.05, 3.63) is 60.3 Å². The van der Waals surface area contributed by atoms with Crippen LogP contribution >= 0.6 is 0 Å². The van der Waals surface area contributed by atoms with Gasteiger partial charge in [-0.15, -0.1) is 0 Å². The number of anilines is 2. The highest BCUT2D eigenvalue weighted by Crippen LogP contribution is 2.30. The van der Waals surface area contributed by atoms with Crippen molar-refractivity contribution in [2.45, 2.75) is 34.1 Å². The number of hydrogen-bond acceptors (Lipinski definition) is 3. The third kappa shape index (κ3) is 5.37. The zero-order valence-corrected chi connectivity index (χ0v) is 14.9. The summed E-state index contributed by atoms with van der Waals surface area (Å²) in [5, 5.41) is 0. The highest BCUT2D eigenvalue weighted by Gasteiger charge is 2.06. The van der Waals surface area contributed by atoms with Crippen LogP contribution in [0.15, 0.2) is 49.2 Å². The quantitative estimate of drug-likeness (QED) is 0.739. The van der Waals surface area contributed by atoms with E-state index in [1.807, 2.05) is 55.3 Å². The average Bonchev–Trinajstić information content (AvgIpc) is 2.50. The molecule has 0 fully saturated rings. The number of aryl methyl sites for hydroxylation is 2. The summed E-state index contributed by atoms with van der Waals surface area (Å²) in [5.41, 5.74) is 9.76. The van der Waals surface area contributed by atoms with E-state index in [9.17, 15) is 0 Å². The second kappa shape index (κ2) is 8.89. The first-order chi connectivity index (χ1) is 10.9. The van der Waals surface area contributed by atoms with Crippen molar-refractivity contribution < 1.29 is 4.74 Å². The van der Waals surface area contributed by atoms with E-state index in [0.717, 1.165) is 34.0 Å². The van der Waals surface area contributed by atoms with Crippen LogP contribution in [0.4, 0.5) is 11.4 Å². The van der Waals surface area contributed by atoms with E-state index in [1.54, 1.807) is 6.20 Å². The van der Waals surface area contributed by atoms with Gasteiger partial charge in [-0.3, -0.25) is 0 Å². The molecular formula is C20H28N2O. The lowest BCUT2D eigenvalue weighted by Gasteiger charge is -2.17. The fraction of sp³-hybridized carbons (Fsp3) is 0.300. The largest absolute Gasteiger partial charge is 0.457 e. The van der Waals surface area contributed by atoms with E-state index in [1.165, 1.54) is 6.42 Å². The van der Waals surface area contributed by atoms with Gasteiger partial charge in [0, 0.05) is 18.4 Å². The Morgan fingerprint density at radius 3 is 2.26 bits per heavy atom. The number of hydrogen-bond donors (Lipinski definition) is 1. The van der Waals surface area contributed by atoms with Gasteiger partial charge < -0.3 is 15.4 Å². The minimum absolute atomic E-state index is 0.744. The van der Waals surface area contributed by atoms with Crippen molar-refractivity contribution in [2.24, 2.45) is 0 Å². The molecule has 0 heterocycles. The normalized spacial score (nSPS) is 9.61. The van der Waals surface area contributed by atoms with Crippen LogP contribution in [-0.2, 0) is 0 Å². The summed E-state index contributed by atoms with van der Waals surface area (Å²) in [6.07, 6.45) is 3.03. The summed E-state index contributed by atoms with van der Waals surface area (Å²) in [6, 6.07) is 11.6. The van der Waals surface area contributed by atoms with Crippen LogP contribution in [0, 0.1) is 13.8 Å². The smallest absolute Gasteiger partial charge is 0.130 e. The topological polar surface area (TPSA) is 38.5 Å². The van der Waals surface area contributed by atoms with Gasteiger partial charge in [-0.1, -0.05) is 26.8 Å². The molecule has 0 aliphatic heterocycles. The summed E-state index contributed by atoms with van der Waals surface area (Å²) < 4.78 is 5.91. The van der Waals surface area contributed by atoms with E-state index in [2.05, 4.69) is 27.4 Å². The molecule has 0 bridgehead atoms. The van der Waals surface area contributed by atoms with Crippen LogP contribution < -0.4 is 15.4 Å². The Bertz CT molecular complexity index is 650. The van der Waals surface area contributed by atoms with Crippen molar-refractivity contribution in [2.75, 3.05) is 17.7 Å². The summed E-state index contributed by atoms with van der Waals surface area (Å²) in [6.45, 7) is 12.1. The van der Waals surface area contributed by atoms with Gasteiger partial charge in [0.25, 0.3) is 0 Å². The molecule has 0 spiro atoms. The summed E-state index contributed by atoms with van der Waals surface area (Å²) in [5.74, 6) is 1.64. The van der Waals surface area contributed by atoms with Crippen LogP contribution in [0.5, 0.6) is 11.5 Å². The highest BCUT2D eigenvalue weighted by molar-refractivity contribution is 5.57. The first-order valence-electron chi connectivity index (χ1n) is 7.92. The molecular weight excluding hydrogens is 284 g/mol. The molecule has 3 nitrogen and oxygen atoms in total. The minimum Gasteiger partial charge on any atom is -0.457 e. The Kier molecular flexibility index (Phi) is 7.20. The van der Waals surface area contributed by atoms with Crippen LogP contribution in [0.3, 0.4) is 0 Å². The van der Waals surface area contributed by atoms with Crippen molar-refractivity contribution in [3.63, 3.8) is 0 Å². The summed E-state index contributed by atoms with van der Waals surface area (Å²) >= 11 is 0. The Balaban J connectivity index is 0.000000816. The molecule has 0 unspecified atom stereocenters. The lowest BCUT2D eigenvalue weighted by atomic mass is 10.1. The zero-order chi connectivity index (χ0) is 17.4. The van der Waals surface area contributed by atoms with E-state index >= 15 is 0 Å². The standard InChI is InChI=1S/C17H20N2O.C3H8/c1-5-19(4)16-8-7-15(11-12(16)2)20-17-9-6-14(18)10-13(17)3;1-3-2/h5-11H,1,18H2,2-4H3;3H2,1-2H3. The van der Waals surface area contributed by atoms with Gasteiger partial charge in [0.2, 0.25) is 0 Å². The van der Waals surface area contributed by atoms with Crippen molar-refractivity contribution in [1.82, 2.24) is 0 Å². The molecule has 3 heteroatoms. The van der Waals surface area contributed by atoms with E-state index < -0.39 is 0 Å². The van der Waals surface area contributed by atoms with Gasteiger partial charge in [0.15, 0.2) is 0 Å². The molecule has 0 saturated heterocycles. The van der Waals surface area contributed by atoms with Gasteiger partial charge in [0.05, 0.1) is 0 Å². The number of ether oxygens (including phenoxy) is 1. The molecule has 2 aromatic rings. The molecule has 0 aromatic heterocycles. The second-order valence-electron chi connectivity index (χ2n) is 5.58. The lowest BCUT2D eigenvalue weighted by molar-refractivity contribution is 0.478. The van der Waals surface area contributed by atoms with Crippen molar-refractivity contribution in [3.8, 4) is 11.5 Å². The van der Waals surface area contributed by atoms with Gasteiger partial charge in [-0.05, 0) is 67.6 Å². The third-order valence-corrected chi connectivity index (χ3v) is 3.25. The fourth-order valence-electron chi connectivity index (χ4n) is 2.10. The maximum absolute atomic E-state index is 5.91. The zero-order valence-electron chi connectivity index (χ0n) is 14.9. The molecule has 0 radical (unpaired) electrons. The first kappa shape index (κ1) is 18.6. The molecule has 0 saturated carbocycles. The first-order valence-corrected chi connectivity index (χ1v) is 7.92. The molecule has 0 amide bonds. The highest BCUT2D eigenvalue weighted by atomic mass is 16.5. The average molecular weight is 312 g/mol. The Labute approximate surface area is 140 Å². The second-order valence-corrected chi connectivity index (χ2v) is 5.58. The van der Waals surface area contributed by atoms with Gasteiger partial charge in [-0.25, -0.2) is 0 Å². The SMILES string of the molecule is C=CN(C)c1ccc(Oc2ccc(N)cc2C)cc1C.CCC. The molecule has 0 aliphatic rings. The molecule has 124 valence electrons. The third-order valence-electron chi connectivity index (χ3n) is 3.25. The number of rotatable bonds is 4. The predicted octanol–water partition coefficient (Wildman–Crippen LogP) is 5.67. The molecule has 0 aliphatic carbocycles. The van der Waals surface area contributed by atoms with Gasteiger partial charge in [0.1, 0.15) is 11.5 Å². The van der Waals surface area contributed by atoms with Crippen molar-refractivity contribution >= 4 is 11.4 Å². The number of benzene rings is 2.